The van der Waals surface area contributed by atoms with Gasteiger partial charge in [0.1, 0.15) is 0 Å². The third-order valence-corrected chi connectivity index (χ3v) is 6.67. The molecule has 2 amide bonds. The Morgan fingerprint density at radius 2 is 1.87 bits per heavy atom. The molecule has 1 aromatic heterocycles. The summed E-state index contributed by atoms with van der Waals surface area (Å²) in [5.41, 5.74) is 2.17. The van der Waals surface area contributed by atoms with Gasteiger partial charge in [-0.2, -0.15) is 0 Å². The van der Waals surface area contributed by atoms with Crippen LogP contribution in [0, 0.1) is 0 Å². The molecule has 1 aliphatic heterocycles. The van der Waals surface area contributed by atoms with Crippen molar-refractivity contribution in [1.29, 1.82) is 0 Å². The second kappa shape index (κ2) is 10.1. The van der Waals surface area contributed by atoms with Gasteiger partial charge in [0.15, 0.2) is 5.13 Å². The maximum Gasteiger partial charge on any atom is 0.223 e. The Balaban J connectivity index is 1.74. The molecule has 1 N–H and O–H groups in total. The molecule has 0 radical (unpaired) electrons. The molecule has 0 spiro atoms. The lowest BCUT2D eigenvalue weighted by molar-refractivity contribution is -0.136. The van der Waals surface area contributed by atoms with Crippen molar-refractivity contribution in [3.05, 3.63) is 47.0 Å². The van der Waals surface area contributed by atoms with Crippen molar-refractivity contribution in [1.82, 2.24) is 14.8 Å². The Morgan fingerprint density at radius 3 is 2.50 bits per heavy atom. The molecule has 0 unspecified atom stereocenters. The van der Waals surface area contributed by atoms with Crippen LogP contribution < -0.4 is 5.32 Å². The second-order valence-electron chi connectivity index (χ2n) is 8.08. The molecule has 6 nitrogen and oxygen atoms in total. The summed E-state index contributed by atoms with van der Waals surface area (Å²) in [6.45, 7) is 4.42. The van der Waals surface area contributed by atoms with Crippen molar-refractivity contribution in [2.24, 2.45) is 0 Å². The predicted molar refractivity (Wildman–Crippen MR) is 122 cm³/mol. The molecule has 2 heterocycles. The Bertz CT molecular complexity index is 842. The van der Waals surface area contributed by atoms with E-state index in [1.807, 2.05) is 11.0 Å². The maximum atomic E-state index is 12.7. The number of benzene rings is 1. The minimum atomic E-state index is -0.180. The van der Waals surface area contributed by atoms with E-state index in [0.717, 1.165) is 36.6 Å². The van der Waals surface area contributed by atoms with Gasteiger partial charge in [-0.15, -0.1) is 11.3 Å². The van der Waals surface area contributed by atoms with E-state index in [1.165, 1.54) is 10.5 Å². The summed E-state index contributed by atoms with van der Waals surface area (Å²) in [6, 6.07) is 10.5. The van der Waals surface area contributed by atoms with Gasteiger partial charge >= 0.3 is 0 Å². The van der Waals surface area contributed by atoms with Crippen LogP contribution in [0.2, 0.25) is 0 Å². The van der Waals surface area contributed by atoms with E-state index < -0.39 is 0 Å². The monoisotopic (exact) mass is 428 g/mol. The standard InChI is InChI=1S/C23H32N4O2S/c1-4-14-24-22-25-19(17-30-22)23(18-8-6-5-7-9-18)12-15-27(16-13-23)21(29)11-10-20(28)26(2)3/h5-9,17H,4,10-16H2,1-3H3,(H,24,25). The van der Waals surface area contributed by atoms with Crippen molar-refractivity contribution >= 4 is 28.3 Å². The predicted octanol–water partition coefficient (Wildman–Crippen LogP) is 3.74. The largest absolute Gasteiger partial charge is 0.362 e. The highest BCUT2D eigenvalue weighted by atomic mass is 32.1. The van der Waals surface area contributed by atoms with Crippen molar-refractivity contribution in [2.45, 2.75) is 44.4 Å². The highest BCUT2D eigenvalue weighted by molar-refractivity contribution is 7.13. The van der Waals surface area contributed by atoms with E-state index in [4.69, 9.17) is 4.98 Å². The minimum Gasteiger partial charge on any atom is -0.362 e. The number of hydrogen-bond acceptors (Lipinski definition) is 5. The van der Waals surface area contributed by atoms with Gasteiger partial charge in [-0.25, -0.2) is 4.98 Å². The van der Waals surface area contributed by atoms with Crippen molar-refractivity contribution < 1.29 is 9.59 Å². The van der Waals surface area contributed by atoms with E-state index in [2.05, 4.69) is 41.9 Å². The van der Waals surface area contributed by atoms with E-state index in [9.17, 15) is 9.59 Å². The Morgan fingerprint density at radius 1 is 1.17 bits per heavy atom. The van der Waals surface area contributed by atoms with Crippen LogP contribution in [0.15, 0.2) is 35.7 Å². The summed E-state index contributed by atoms with van der Waals surface area (Å²) in [5.74, 6) is 0.0593. The summed E-state index contributed by atoms with van der Waals surface area (Å²) in [5, 5.41) is 6.52. The first-order valence-electron chi connectivity index (χ1n) is 10.7. The number of nitrogens with zero attached hydrogens (tertiary/aromatic N) is 3. The first-order chi connectivity index (χ1) is 14.5. The van der Waals surface area contributed by atoms with Gasteiger partial charge in [0, 0.05) is 57.4 Å². The number of carbonyl (C=O) groups excluding carboxylic acids is 2. The number of thiazole rings is 1. The average molecular weight is 429 g/mol. The molecule has 30 heavy (non-hydrogen) atoms. The summed E-state index contributed by atoms with van der Waals surface area (Å²) in [4.78, 5) is 32.9. The number of nitrogens with one attached hydrogen (secondary N) is 1. The average Bonchev–Trinajstić information content (AvgIpc) is 3.26. The maximum absolute atomic E-state index is 12.7. The van der Waals surface area contributed by atoms with Gasteiger partial charge in [0.2, 0.25) is 11.8 Å². The van der Waals surface area contributed by atoms with Crippen LogP contribution in [0.25, 0.3) is 0 Å². The number of carbonyl (C=O) groups is 2. The number of likely N-dealkylation sites (tertiary alicyclic amines) is 1. The van der Waals surface area contributed by atoms with Crippen LogP contribution >= 0.6 is 11.3 Å². The number of hydrogen-bond donors (Lipinski definition) is 1. The molecule has 1 saturated heterocycles. The molecule has 0 bridgehead atoms. The zero-order chi connectivity index (χ0) is 21.6. The third-order valence-electron chi connectivity index (χ3n) is 5.87. The van der Waals surface area contributed by atoms with Gasteiger partial charge in [-0.3, -0.25) is 9.59 Å². The van der Waals surface area contributed by atoms with Crippen LogP contribution in [0.3, 0.4) is 0 Å². The van der Waals surface area contributed by atoms with Crippen LogP contribution in [0.1, 0.15) is 50.3 Å². The van der Waals surface area contributed by atoms with Crippen LogP contribution in [0.4, 0.5) is 5.13 Å². The van der Waals surface area contributed by atoms with Crippen LogP contribution in [-0.4, -0.2) is 60.3 Å². The van der Waals surface area contributed by atoms with E-state index in [0.29, 0.717) is 13.1 Å². The van der Waals surface area contributed by atoms with Gasteiger partial charge in [0.25, 0.3) is 0 Å². The van der Waals surface area contributed by atoms with Crippen LogP contribution in [0.5, 0.6) is 0 Å². The Kier molecular flexibility index (Phi) is 7.48. The lowest BCUT2D eigenvalue weighted by Gasteiger charge is -2.41. The van der Waals surface area contributed by atoms with Gasteiger partial charge in [0.05, 0.1) is 5.69 Å². The van der Waals surface area contributed by atoms with E-state index >= 15 is 0 Å². The van der Waals surface area contributed by atoms with Crippen molar-refractivity contribution in [3.8, 4) is 0 Å². The molecule has 7 heteroatoms. The summed E-state index contributed by atoms with van der Waals surface area (Å²) in [6.07, 6.45) is 3.27. The lowest BCUT2D eigenvalue weighted by Crippen LogP contribution is -2.46. The molecule has 0 aliphatic carbocycles. The molecule has 3 rings (SSSR count). The normalized spacial score (nSPS) is 15.6. The van der Waals surface area contributed by atoms with Crippen molar-refractivity contribution in [3.63, 3.8) is 0 Å². The first kappa shape index (κ1) is 22.3. The summed E-state index contributed by atoms with van der Waals surface area (Å²) in [7, 11) is 3.44. The van der Waals surface area contributed by atoms with Gasteiger partial charge < -0.3 is 15.1 Å². The molecular weight excluding hydrogens is 396 g/mol. The molecule has 1 fully saturated rings. The molecular formula is C23H32N4O2S. The number of rotatable bonds is 8. The lowest BCUT2D eigenvalue weighted by atomic mass is 9.70. The zero-order valence-electron chi connectivity index (χ0n) is 18.2. The summed E-state index contributed by atoms with van der Waals surface area (Å²) >= 11 is 1.65. The van der Waals surface area contributed by atoms with E-state index in [1.54, 1.807) is 25.4 Å². The molecule has 1 aliphatic rings. The number of anilines is 1. The molecule has 2 aromatic rings. The highest BCUT2D eigenvalue weighted by Gasteiger charge is 2.40. The van der Waals surface area contributed by atoms with Crippen molar-refractivity contribution in [2.75, 3.05) is 39.0 Å². The van der Waals surface area contributed by atoms with Gasteiger partial charge in [-0.1, -0.05) is 37.3 Å². The third kappa shape index (κ3) is 5.01. The second-order valence-corrected chi connectivity index (χ2v) is 8.94. The zero-order valence-corrected chi connectivity index (χ0v) is 19.0. The molecule has 0 saturated carbocycles. The molecule has 162 valence electrons. The molecule has 0 atom stereocenters. The Hall–Kier alpha value is -2.41. The van der Waals surface area contributed by atoms with Gasteiger partial charge in [-0.05, 0) is 24.8 Å². The minimum absolute atomic E-state index is 0.00595. The number of piperidine rings is 1. The fourth-order valence-electron chi connectivity index (χ4n) is 3.99. The van der Waals surface area contributed by atoms with Crippen LogP contribution in [-0.2, 0) is 15.0 Å². The number of amides is 2. The Labute approximate surface area is 183 Å². The smallest absolute Gasteiger partial charge is 0.223 e. The topological polar surface area (TPSA) is 65.5 Å². The SMILES string of the molecule is CCCNc1nc(C2(c3ccccc3)CCN(C(=O)CCC(=O)N(C)C)CC2)cs1. The highest BCUT2D eigenvalue weighted by Crippen LogP contribution is 2.42. The fraction of sp³-hybridized carbons (Fsp3) is 0.522. The quantitative estimate of drug-likeness (QED) is 0.696. The summed E-state index contributed by atoms with van der Waals surface area (Å²) < 4.78 is 0. The first-order valence-corrected chi connectivity index (χ1v) is 11.6. The van der Waals surface area contributed by atoms with E-state index in [-0.39, 0.29) is 30.1 Å². The number of aromatic nitrogens is 1. The fourth-order valence-corrected chi connectivity index (χ4v) is 4.83. The molecule has 1 aromatic carbocycles.